The Balaban J connectivity index is 1.57. The summed E-state index contributed by atoms with van der Waals surface area (Å²) < 4.78 is 37.2. The maximum absolute atomic E-state index is 14.0. The summed E-state index contributed by atoms with van der Waals surface area (Å²) in [6.45, 7) is 4.50. The zero-order valence-electron chi connectivity index (χ0n) is 35.7. The SMILES string of the molecule is C=CCOC12Oc3ccc(Oc4ccc(OC)c(C=O)c4)cc3C3C(CCCCO)C(CCCCO)C=C(C(=NOCc4ccccc4)CC1N(CCOCCO)C(=O)OC)C32. The molecular weight excluding hydrogens is 797 g/mol. The van der Waals surface area contributed by atoms with Crippen molar-refractivity contribution < 1.29 is 58.2 Å². The van der Waals surface area contributed by atoms with Gasteiger partial charge in [-0.25, -0.2) is 4.79 Å². The highest BCUT2D eigenvalue weighted by Gasteiger charge is 2.65. The van der Waals surface area contributed by atoms with Crippen LogP contribution in [-0.4, -0.2) is 111 Å². The van der Waals surface area contributed by atoms with E-state index in [9.17, 15) is 24.9 Å². The van der Waals surface area contributed by atoms with E-state index < -0.39 is 23.8 Å². The van der Waals surface area contributed by atoms with Gasteiger partial charge in [0.25, 0.3) is 0 Å². The van der Waals surface area contributed by atoms with Gasteiger partial charge in [0.1, 0.15) is 35.6 Å². The number of aldehydes is 1. The van der Waals surface area contributed by atoms with E-state index >= 15 is 0 Å². The predicted octanol–water partition coefficient (Wildman–Crippen LogP) is 7.21. The van der Waals surface area contributed by atoms with Gasteiger partial charge in [-0.3, -0.25) is 9.69 Å². The molecule has 1 fully saturated rings. The third-order valence-corrected chi connectivity index (χ3v) is 12.0. The van der Waals surface area contributed by atoms with Crippen LogP contribution in [0.5, 0.6) is 23.0 Å². The number of allylic oxidation sites excluding steroid dienone is 1. The van der Waals surface area contributed by atoms with Crippen LogP contribution < -0.4 is 14.2 Å². The molecule has 0 bridgehead atoms. The fourth-order valence-electron chi connectivity index (χ4n) is 9.30. The Kier molecular flexibility index (Phi) is 17.0. The second-order valence-electron chi connectivity index (χ2n) is 15.7. The Morgan fingerprint density at radius 1 is 0.952 bits per heavy atom. The van der Waals surface area contributed by atoms with Crippen molar-refractivity contribution in [2.24, 2.45) is 22.9 Å². The first-order valence-electron chi connectivity index (χ1n) is 21.4. The predicted molar refractivity (Wildman–Crippen MR) is 232 cm³/mol. The van der Waals surface area contributed by atoms with Gasteiger partial charge in [-0.05, 0) is 85.1 Å². The van der Waals surface area contributed by atoms with Gasteiger partial charge in [-0.15, -0.1) is 6.58 Å². The van der Waals surface area contributed by atoms with Crippen molar-refractivity contribution in [3.8, 4) is 23.0 Å². The standard InChI is InChI=1S/C48H60N2O12/c1-4-24-59-48-44(50(47(55)57-3)20-25-58-26-23-53)30-41(49-60-32-33-12-6-5-7-13-33)39-28-34(14-8-10-21-51)38(15-9-11-22-52)45(46(39)48)40-29-37(17-19-43(40)62-48)61-36-16-18-42(56-2)35(27-36)31-54/h4-7,12-13,16-19,27-29,31,34,38,44-46,51-53H,1,8-11,14-15,20-26,30,32H2,2-3H3. The topological polar surface area (TPSA) is 175 Å². The van der Waals surface area contributed by atoms with Crippen molar-refractivity contribution in [1.82, 2.24) is 4.90 Å². The van der Waals surface area contributed by atoms with E-state index in [-0.39, 0.29) is 77.0 Å². The highest BCUT2D eigenvalue weighted by Crippen LogP contribution is 2.62. The molecule has 14 heteroatoms. The number of nitrogens with zero attached hydrogens (tertiary/aromatic N) is 2. The fourth-order valence-corrected chi connectivity index (χ4v) is 9.30. The molecule has 1 saturated carbocycles. The second kappa shape index (κ2) is 22.7. The van der Waals surface area contributed by atoms with Crippen LogP contribution in [-0.2, 0) is 25.7 Å². The summed E-state index contributed by atoms with van der Waals surface area (Å²) in [5.74, 6) is -0.460. The Morgan fingerprint density at radius 3 is 2.42 bits per heavy atom. The van der Waals surface area contributed by atoms with Crippen molar-refractivity contribution in [3.05, 3.63) is 108 Å². The van der Waals surface area contributed by atoms with E-state index in [1.54, 1.807) is 35.2 Å². The van der Waals surface area contributed by atoms with Gasteiger partial charge in [-0.2, -0.15) is 0 Å². The minimum Gasteiger partial charge on any atom is -0.496 e. The van der Waals surface area contributed by atoms with E-state index in [0.717, 1.165) is 48.7 Å². The zero-order chi connectivity index (χ0) is 43.9. The van der Waals surface area contributed by atoms with E-state index in [0.29, 0.717) is 47.1 Å². The highest BCUT2D eigenvalue weighted by molar-refractivity contribution is 6.03. The average Bonchev–Trinajstić information content (AvgIpc) is 3.30. The number of hydrogen-bond donors (Lipinski definition) is 3. The number of aliphatic hydroxyl groups excluding tert-OH is 3. The summed E-state index contributed by atoms with van der Waals surface area (Å²) in [6.07, 6.45) is 8.50. The van der Waals surface area contributed by atoms with Crippen molar-refractivity contribution in [3.63, 3.8) is 0 Å². The Morgan fingerprint density at radius 2 is 1.71 bits per heavy atom. The first kappa shape index (κ1) is 46.3. The number of carbonyl (C=O) groups excluding carboxylic acids is 2. The van der Waals surface area contributed by atoms with E-state index in [1.165, 1.54) is 14.2 Å². The molecule has 6 unspecified atom stereocenters. The molecule has 0 spiro atoms. The quantitative estimate of drug-likeness (QED) is 0.0358. The first-order chi connectivity index (χ1) is 30.4. The van der Waals surface area contributed by atoms with Gasteiger partial charge in [0.05, 0.1) is 57.8 Å². The molecule has 334 valence electrons. The highest BCUT2D eigenvalue weighted by atomic mass is 16.7. The lowest BCUT2D eigenvalue weighted by molar-refractivity contribution is -0.255. The van der Waals surface area contributed by atoms with Crippen molar-refractivity contribution in [2.75, 3.05) is 60.4 Å². The lowest BCUT2D eigenvalue weighted by atomic mass is 9.55. The molecule has 3 aromatic rings. The van der Waals surface area contributed by atoms with E-state index in [1.807, 2.05) is 42.5 Å². The minimum absolute atomic E-state index is 0.0142. The Bertz CT molecular complexity index is 2010. The van der Waals surface area contributed by atoms with Crippen LogP contribution in [0.15, 0.2) is 96.2 Å². The van der Waals surface area contributed by atoms with Crippen molar-refractivity contribution >= 4 is 18.1 Å². The number of amides is 1. The van der Waals surface area contributed by atoms with E-state index in [4.69, 9.17) is 38.4 Å². The van der Waals surface area contributed by atoms with Gasteiger partial charge >= 0.3 is 6.09 Å². The summed E-state index contributed by atoms with van der Waals surface area (Å²) >= 11 is 0. The molecule has 1 aliphatic heterocycles. The van der Waals surface area contributed by atoms with Crippen molar-refractivity contribution in [1.29, 1.82) is 0 Å². The summed E-state index contributed by atoms with van der Waals surface area (Å²) in [5.41, 5.74) is 3.65. The summed E-state index contributed by atoms with van der Waals surface area (Å²) in [6, 6.07) is 19.6. The number of rotatable bonds is 24. The maximum Gasteiger partial charge on any atom is 0.410 e. The number of carbonyl (C=O) groups is 2. The third-order valence-electron chi connectivity index (χ3n) is 12.0. The van der Waals surface area contributed by atoms with E-state index in [2.05, 4.69) is 12.7 Å². The number of oxime groups is 1. The van der Waals surface area contributed by atoms with Crippen LogP contribution >= 0.6 is 0 Å². The number of fused-ring (bicyclic) bond motifs is 2. The molecule has 3 aliphatic rings. The normalized spacial score (nSPS) is 23.0. The molecule has 3 N–H and O–H groups in total. The lowest BCUT2D eigenvalue weighted by Gasteiger charge is -2.59. The smallest absolute Gasteiger partial charge is 0.410 e. The summed E-state index contributed by atoms with van der Waals surface area (Å²) in [5, 5.41) is 34.2. The van der Waals surface area contributed by atoms with Crippen LogP contribution in [0.3, 0.4) is 0 Å². The minimum atomic E-state index is -1.51. The number of aliphatic hydroxyl groups is 3. The molecule has 6 rings (SSSR count). The van der Waals surface area contributed by atoms with Crippen LogP contribution in [0.25, 0.3) is 0 Å². The number of methoxy groups -OCH3 is 2. The maximum atomic E-state index is 14.0. The first-order valence-corrected chi connectivity index (χ1v) is 21.4. The van der Waals surface area contributed by atoms with Crippen molar-refractivity contribution in [2.45, 2.75) is 69.3 Å². The lowest BCUT2D eigenvalue weighted by Crippen LogP contribution is -2.70. The Labute approximate surface area is 363 Å². The molecule has 62 heavy (non-hydrogen) atoms. The van der Waals surface area contributed by atoms with Gasteiger partial charge in [0.15, 0.2) is 6.29 Å². The zero-order valence-corrected chi connectivity index (χ0v) is 35.7. The number of ether oxygens (including phenoxy) is 6. The summed E-state index contributed by atoms with van der Waals surface area (Å²) in [7, 11) is 2.83. The van der Waals surface area contributed by atoms with Gasteiger partial charge in [0.2, 0.25) is 5.79 Å². The molecule has 6 atom stereocenters. The molecular formula is C48H60N2O12. The van der Waals surface area contributed by atoms with Gasteiger partial charge in [-0.1, -0.05) is 60.5 Å². The van der Waals surface area contributed by atoms with Gasteiger partial charge in [0, 0.05) is 37.7 Å². The molecule has 1 heterocycles. The van der Waals surface area contributed by atoms with Crippen LogP contribution in [0.2, 0.25) is 0 Å². The molecule has 3 aromatic carbocycles. The fraction of sp³-hybridized carbons (Fsp3) is 0.479. The third kappa shape index (κ3) is 10.5. The van der Waals surface area contributed by atoms with Crippen LogP contribution in [0.4, 0.5) is 4.79 Å². The van der Waals surface area contributed by atoms with Gasteiger partial charge < -0.3 is 48.6 Å². The molecule has 2 aliphatic carbocycles. The molecule has 0 aromatic heterocycles. The number of unbranched alkanes of at least 4 members (excludes halogenated alkanes) is 2. The molecule has 0 saturated heterocycles. The second-order valence-corrected chi connectivity index (χ2v) is 15.7. The Hall–Kier alpha value is -5.25. The number of hydrogen-bond acceptors (Lipinski definition) is 13. The number of benzene rings is 3. The van der Waals surface area contributed by atoms with Crippen LogP contribution in [0.1, 0.15) is 72.3 Å². The van der Waals surface area contributed by atoms with Crippen LogP contribution in [0, 0.1) is 17.8 Å². The monoisotopic (exact) mass is 856 g/mol. The molecule has 0 radical (unpaired) electrons. The molecule has 1 amide bonds. The largest absolute Gasteiger partial charge is 0.496 e. The average molecular weight is 857 g/mol. The summed E-state index contributed by atoms with van der Waals surface area (Å²) in [4.78, 5) is 33.6. The molecule has 14 nitrogen and oxygen atoms in total.